The van der Waals surface area contributed by atoms with Crippen LogP contribution in [0, 0.1) is 0 Å². The fraction of sp³-hybridized carbons (Fsp3) is 0.250. The molecule has 2 aromatic rings. The second-order valence-electron chi connectivity index (χ2n) is 4.49. The first kappa shape index (κ1) is 13.9. The number of rotatable bonds is 5. The normalized spacial score (nSPS) is 12.2. The van der Waals surface area contributed by atoms with E-state index in [4.69, 9.17) is 22.1 Å². The largest absolute Gasteiger partial charge is 0.457 e. The Kier molecular flexibility index (Phi) is 4.83. The summed E-state index contributed by atoms with van der Waals surface area (Å²) in [4.78, 5) is 0. The standard InChI is InChI=1S/C16H18ClNO/c1-2-6-16(18)14-11-13(9-10-15(14)17)19-12-7-4-3-5-8-12/h3-5,7-11,16H,2,6,18H2,1H3. The second-order valence-corrected chi connectivity index (χ2v) is 4.90. The van der Waals surface area contributed by atoms with Crippen LogP contribution >= 0.6 is 11.6 Å². The van der Waals surface area contributed by atoms with Crippen molar-refractivity contribution in [3.8, 4) is 11.5 Å². The molecule has 0 spiro atoms. The predicted molar refractivity (Wildman–Crippen MR) is 79.8 cm³/mol. The number of hydrogen-bond acceptors (Lipinski definition) is 2. The minimum absolute atomic E-state index is 0.0446. The highest BCUT2D eigenvalue weighted by molar-refractivity contribution is 6.31. The lowest BCUT2D eigenvalue weighted by molar-refractivity contribution is 0.480. The van der Waals surface area contributed by atoms with Gasteiger partial charge in [0.05, 0.1) is 0 Å². The Morgan fingerprint density at radius 1 is 1.11 bits per heavy atom. The van der Waals surface area contributed by atoms with E-state index in [1.807, 2.05) is 48.5 Å². The lowest BCUT2D eigenvalue weighted by Crippen LogP contribution is -2.10. The van der Waals surface area contributed by atoms with E-state index in [0.717, 1.165) is 29.9 Å². The number of para-hydroxylation sites is 1. The first-order valence-corrected chi connectivity index (χ1v) is 6.86. The van der Waals surface area contributed by atoms with Crippen molar-refractivity contribution >= 4 is 11.6 Å². The molecule has 0 radical (unpaired) electrons. The van der Waals surface area contributed by atoms with E-state index < -0.39 is 0 Å². The van der Waals surface area contributed by atoms with Gasteiger partial charge in [0.25, 0.3) is 0 Å². The number of benzene rings is 2. The Morgan fingerprint density at radius 2 is 1.84 bits per heavy atom. The van der Waals surface area contributed by atoms with Crippen molar-refractivity contribution in [2.75, 3.05) is 0 Å². The highest BCUT2D eigenvalue weighted by Gasteiger charge is 2.11. The lowest BCUT2D eigenvalue weighted by Gasteiger charge is -2.14. The third kappa shape index (κ3) is 3.72. The maximum absolute atomic E-state index is 6.19. The van der Waals surface area contributed by atoms with Gasteiger partial charge in [-0.1, -0.05) is 43.1 Å². The maximum Gasteiger partial charge on any atom is 0.127 e. The molecule has 3 heteroatoms. The number of ether oxygens (including phenoxy) is 1. The molecule has 0 aromatic heterocycles. The van der Waals surface area contributed by atoms with Gasteiger partial charge in [0.2, 0.25) is 0 Å². The molecule has 0 bridgehead atoms. The van der Waals surface area contributed by atoms with Crippen LogP contribution in [0.15, 0.2) is 48.5 Å². The highest BCUT2D eigenvalue weighted by Crippen LogP contribution is 2.30. The van der Waals surface area contributed by atoms with Crippen LogP contribution < -0.4 is 10.5 Å². The average Bonchev–Trinajstić information content (AvgIpc) is 2.42. The second kappa shape index (κ2) is 6.60. The van der Waals surface area contributed by atoms with Crippen molar-refractivity contribution in [3.05, 3.63) is 59.1 Å². The SMILES string of the molecule is CCCC(N)c1cc(Oc2ccccc2)ccc1Cl. The molecular formula is C16H18ClNO. The van der Waals surface area contributed by atoms with E-state index in [-0.39, 0.29) is 6.04 Å². The van der Waals surface area contributed by atoms with Gasteiger partial charge in [0.1, 0.15) is 11.5 Å². The Balaban J connectivity index is 2.21. The third-order valence-electron chi connectivity index (χ3n) is 2.95. The molecule has 0 aliphatic carbocycles. The van der Waals surface area contributed by atoms with E-state index in [9.17, 15) is 0 Å². The smallest absolute Gasteiger partial charge is 0.127 e. The molecule has 100 valence electrons. The monoisotopic (exact) mass is 275 g/mol. The molecule has 0 aliphatic heterocycles. The minimum atomic E-state index is -0.0446. The van der Waals surface area contributed by atoms with Crippen LogP contribution in [0.3, 0.4) is 0 Å². The van der Waals surface area contributed by atoms with Gasteiger partial charge in [-0.3, -0.25) is 0 Å². The summed E-state index contributed by atoms with van der Waals surface area (Å²) in [6, 6.07) is 15.2. The fourth-order valence-corrected chi connectivity index (χ4v) is 2.22. The molecule has 2 nitrogen and oxygen atoms in total. The predicted octanol–water partition coefficient (Wildman–Crippen LogP) is 4.93. The molecule has 0 fully saturated rings. The van der Waals surface area contributed by atoms with Gasteiger partial charge in [-0.2, -0.15) is 0 Å². The maximum atomic E-state index is 6.19. The molecule has 2 aromatic carbocycles. The Hall–Kier alpha value is -1.51. The van der Waals surface area contributed by atoms with Crippen LogP contribution in [0.4, 0.5) is 0 Å². The minimum Gasteiger partial charge on any atom is -0.457 e. The van der Waals surface area contributed by atoms with Crippen LogP contribution in [0.2, 0.25) is 5.02 Å². The van der Waals surface area contributed by atoms with Gasteiger partial charge in [0.15, 0.2) is 0 Å². The van der Waals surface area contributed by atoms with Crippen LogP contribution in [-0.4, -0.2) is 0 Å². The molecule has 2 rings (SSSR count). The Morgan fingerprint density at radius 3 is 2.53 bits per heavy atom. The van der Waals surface area contributed by atoms with Crippen LogP contribution in [0.1, 0.15) is 31.4 Å². The third-order valence-corrected chi connectivity index (χ3v) is 3.29. The number of hydrogen-bond donors (Lipinski definition) is 1. The Bertz CT molecular complexity index is 528. The van der Waals surface area contributed by atoms with Crippen LogP contribution in [-0.2, 0) is 0 Å². The molecule has 0 saturated carbocycles. The van der Waals surface area contributed by atoms with Crippen LogP contribution in [0.5, 0.6) is 11.5 Å². The van der Waals surface area contributed by atoms with Gasteiger partial charge >= 0.3 is 0 Å². The summed E-state index contributed by atoms with van der Waals surface area (Å²) in [5.74, 6) is 1.57. The van der Waals surface area contributed by atoms with E-state index in [0.29, 0.717) is 5.02 Å². The topological polar surface area (TPSA) is 35.2 Å². The summed E-state index contributed by atoms with van der Waals surface area (Å²) in [7, 11) is 0. The molecule has 2 N–H and O–H groups in total. The van der Waals surface area contributed by atoms with Crippen molar-refractivity contribution in [2.45, 2.75) is 25.8 Å². The summed E-state index contributed by atoms with van der Waals surface area (Å²) in [5.41, 5.74) is 7.07. The van der Waals surface area contributed by atoms with Crippen molar-refractivity contribution in [3.63, 3.8) is 0 Å². The molecule has 1 unspecified atom stereocenters. The summed E-state index contributed by atoms with van der Waals surface area (Å²) in [6.07, 6.45) is 1.94. The van der Waals surface area contributed by atoms with Crippen LogP contribution in [0.25, 0.3) is 0 Å². The summed E-state index contributed by atoms with van der Waals surface area (Å²) in [5, 5.41) is 0.696. The Labute approximate surface area is 119 Å². The van der Waals surface area contributed by atoms with Gasteiger partial charge in [-0.05, 0) is 42.3 Å². The van der Waals surface area contributed by atoms with E-state index in [1.54, 1.807) is 0 Å². The van der Waals surface area contributed by atoms with Crippen molar-refractivity contribution in [1.29, 1.82) is 0 Å². The van der Waals surface area contributed by atoms with E-state index >= 15 is 0 Å². The van der Waals surface area contributed by atoms with Crippen molar-refractivity contribution in [1.82, 2.24) is 0 Å². The molecule has 0 heterocycles. The quantitative estimate of drug-likeness (QED) is 0.839. The molecule has 1 atom stereocenters. The first-order valence-electron chi connectivity index (χ1n) is 6.48. The highest BCUT2D eigenvalue weighted by atomic mass is 35.5. The van der Waals surface area contributed by atoms with E-state index in [1.165, 1.54) is 0 Å². The average molecular weight is 276 g/mol. The summed E-state index contributed by atoms with van der Waals surface area (Å²) in [6.45, 7) is 2.11. The van der Waals surface area contributed by atoms with Gasteiger partial charge in [-0.15, -0.1) is 0 Å². The molecule has 0 saturated heterocycles. The van der Waals surface area contributed by atoms with Gasteiger partial charge < -0.3 is 10.5 Å². The zero-order valence-corrected chi connectivity index (χ0v) is 11.7. The molecular weight excluding hydrogens is 258 g/mol. The lowest BCUT2D eigenvalue weighted by atomic mass is 10.0. The summed E-state index contributed by atoms with van der Waals surface area (Å²) < 4.78 is 5.79. The van der Waals surface area contributed by atoms with Crippen molar-refractivity contribution < 1.29 is 4.74 Å². The van der Waals surface area contributed by atoms with E-state index in [2.05, 4.69) is 6.92 Å². The fourth-order valence-electron chi connectivity index (χ4n) is 1.96. The number of nitrogens with two attached hydrogens (primary N) is 1. The number of halogens is 1. The summed E-state index contributed by atoms with van der Waals surface area (Å²) >= 11 is 6.19. The molecule has 19 heavy (non-hydrogen) atoms. The first-order chi connectivity index (χ1) is 9.20. The van der Waals surface area contributed by atoms with Crippen molar-refractivity contribution in [2.24, 2.45) is 5.73 Å². The van der Waals surface area contributed by atoms with Gasteiger partial charge in [-0.25, -0.2) is 0 Å². The zero-order chi connectivity index (χ0) is 13.7. The molecule has 0 aliphatic rings. The van der Waals surface area contributed by atoms with Gasteiger partial charge in [0, 0.05) is 11.1 Å². The zero-order valence-electron chi connectivity index (χ0n) is 11.0. The molecule has 0 amide bonds.